The van der Waals surface area contributed by atoms with E-state index in [-0.39, 0.29) is 0 Å². The largest absolute Gasteiger partial charge is 0.369 e. The molecule has 26 heavy (non-hydrogen) atoms. The zero-order chi connectivity index (χ0) is 18.9. The molecular formula is C21H32Cl2N2O. The maximum absolute atomic E-state index is 10.6. The van der Waals surface area contributed by atoms with Crippen LogP contribution in [0.1, 0.15) is 58.8 Å². The Morgan fingerprint density at radius 1 is 1.12 bits per heavy atom. The van der Waals surface area contributed by atoms with E-state index in [4.69, 9.17) is 23.2 Å². The number of para-hydroxylation sites is 1. The summed E-state index contributed by atoms with van der Waals surface area (Å²) in [5.74, 6) is 0.728. The van der Waals surface area contributed by atoms with Crippen molar-refractivity contribution in [3.05, 3.63) is 28.2 Å². The first-order valence-corrected chi connectivity index (χ1v) is 10.7. The molecule has 1 aromatic rings. The first-order chi connectivity index (χ1) is 12.6. The standard InChI is InChI=1S/C12H15Cl2N.C9H17NO/c1-9-4-3-7-15(8-9)12-10(13)5-2-6-11(12)14;1-2-10(8-11)9-6-4-3-5-7-9/h2,5-6,9H,3-4,7-8H2,1H3;8-9H,2-7H2,1H3. The quantitative estimate of drug-likeness (QED) is 0.578. The van der Waals surface area contributed by atoms with Crippen LogP contribution >= 0.6 is 23.2 Å². The van der Waals surface area contributed by atoms with Crippen molar-refractivity contribution in [3.8, 4) is 0 Å². The van der Waals surface area contributed by atoms with Gasteiger partial charge in [0.15, 0.2) is 0 Å². The second kappa shape index (κ2) is 11.0. The number of halogens is 2. The molecule has 0 aromatic heterocycles. The van der Waals surface area contributed by atoms with Crippen molar-refractivity contribution < 1.29 is 4.79 Å². The van der Waals surface area contributed by atoms with E-state index in [0.717, 1.165) is 47.7 Å². The van der Waals surface area contributed by atoms with Crippen LogP contribution in [0.2, 0.25) is 10.0 Å². The van der Waals surface area contributed by atoms with Crippen molar-refractivity contribution in [2.24, 2.45) is 5.92 Å². The third kappa shape index (κ3) is 6.06. The molecule has 1 heterocycles. The van der Waals surface area contributed by atoms with Crippen molar-refractivity contribution in [3.63, 3.8) is 0 Å². The van der Waals surface area contributed by atoms with Crippen LogP contribution in [0.15, 0.2) is 18.2 Å². The highest BCUT2D eigenvalue weighted by atomic mass is 35.5. The molecule has 1 saturated carbocycles. The van der Waals surface area contributed by atoms with Crippen molar-refractivity contribution in [2.75, 3.05) is 24.5 Å². The summed E-state index contributed by atoms with van der Waals surface area (Å²) >= 11 is 12.4. The Hall–Kier alpha value is -0.930. The summed E-state index contributed by atoms with van der Waals surface area (Å²) < 4.78 is 0. The number of hydrogen-bond donors (Lipinski definition) is 0. The Balaban J connectivity index is 0.000000197. The van der Waals surface area contributed by atoms with Gasteiger partial charge in [-0.05, 0) is 50.7 Å². The van der Waals surface area contributed by atoms with E-state index in [0.29, 0.717) is 6.04 Å². The Bertz CT molecular complexity index is 541. The number of anilines is 1. The van der Waals surface area contributed by atoms with Crippen LogP contribution in [0.4, 0.5) is 5.69 Å². The van der Waals surface area contributed by atoms with E-state index >= 15 is 0 Å². The van der Waals surface area contributed by atoms with Crippen LogP contribution in [-0.4, -0.2) is 37.0 Å². The number of amides is 1. The van der Waals surface area contributed by atoms with Crippen LogP contribution < -0.4 is 4.90 Å². The number of rotatable bonds is 4. The van der Waals surface area contributed by atoms with Gasteiger partial charge in [-0.1, -0.05) is 55.5 Å². The van der Waals surface area contributed by atoms with Gasteiger partial charge in [0.2, 0.25) is 6.41 Å². The lowest BCUT2D eigenvalue weighted by molar-refractivity contribution is -0.120. The molecule has 0 radical (unpaired) electrons. The van der Waals surface area contributed by atoms with E-state index in [2.05, 4.69) is 11.8 Å². The van der Waals surface area contributed by atoms with Crippen LogP contribution in [0.25, 0.3) is 0 Å². The van der Waals surface area contributed by atoms with Crippen LogP contribution in [0, 0.1) is 5.92 Å². The molecular weight excluding hydrogens is 367 g/mol. The molecule has 1 unspecified atom stereocenters. The molecule has 3 rings (SSSR count). The summed E-state index contributed by atoms with van der Waals surface area (Å²) in [5, 5.41) is 1.52. The Morgan fingerprint density at radius 2 is 1.77 bits per heavy atom. The highest BCUT2D eigenvalue weighted by Crippen LogP contribution is 2.35. The molecule has 0 N–H and O–H groups in total. The number of benzene rings is 1. The smallest absolute Gasteiger partial charge is 0.209 e. The fraction of sp³-hybridized carbons (Fsp3) is 0.667. The summed E-state index contributed by atoms with van der Waals surface area (Å²) in [6.45, 7) is 7.31. The van der Waals surface area contributed by atoms with Crippen LogP contribution in [-0.2, 0) is 4.79 Å². The van der Waals surface area contributed by atoms with E-state index < -0.39 is 0 Å². The third-order valence-electron chi connectivity index (χ3n) is 5.46. The summed E-state index contributed by atoms with van der Waals surface area (Å²) in [7, 11) is 0. The minimum Gasteiger partial charge on any atom is -0.369 e. The highest BCUT2D eigenvalue weighted by Gasteiger charge is 2.20. The summed E-state index contributed by atoms with van der Waals surface area (Å²) in [6.07, 6.45) is 9.91. The molecule has 1 aliphatic carbocycles. The average molecular weight is 399 g/mol. The SMILES string of the molecule is CC1CCCN(c2c(Cl)cccc2Cl)C1.CCN(C=O)C1CCCCC1. The van der Waals surface area contributed by atoms with Gasteiger partial charge in [-0.15, -0.1) is 0 Å². The van der Waals surface area contributed by atoms with Gasteiger partial charge >= 0.3 is 0 Å². The van der Waals surface area contributed by atoms with Crippen LogP contribution in [0.3, 0.4) is 0 Å². The first kappa shape index (κ1) is 21.4. The Kier molecular flexibility index (Phi) is 9.07. The van der Waals surface area contributed by atoms with Gasteiger partial charge in [0, 0.05) is 25.7 Å². The molecule has 0 bridgehead atoms. The van der Waals surface area contributed by atoms with Gasteiger partial charge in [-0.25, -0.2) is 0 Å². The monoisotopic (exact) mass is 398 g/mol. The first-order valence-electron chi connectivity index (χ1n) is 9.96. The van der Waals surface area contributed by atoms with Crippen LogP contribution in [0.5, 0.6) is 0 Å². The van der Waals surface area contributed by atoms with Gasteiger partial charge in [-0.2, -0.15) is 0 Å². The summed E-state index contributed by atoms with van der Waals surface area (Å²) in [6, 6.07) is 6.25. The van der Waals surface area contributed by atoms with E-state index in [1.54, 1.807) is 0 Å². The molecule has 1 saturated heterocycles. The molecule has 0 spiro atoms. The summed E-state index contributed by atoms with van der Waals surface area (Å²) in [5.41, 5.74) is 1.01. The van der Waals surface area contributed by atoms with Crippen molar-refractivity contribution >= 4 is 35.3 Å². The van der Waals surface area contributed by atoms with Gasteiger partial charge in [0.1, 0.15) is 0 Å². The molecule has 2 aliphatic rings. The second-order valence-electron chi connectivity index (χ2n) is 7.49. The van der Waals surface area contributed by atoms with Crippen molar-refractivity contribution in [2.45, 2.75) is 64.8 Å². The zero-order valence-electron chi connectivity index (χ0n) is 16.1. The predicted octanol–water partition coefficient (Wildman–Crippen LogP) is 6.03. The Labute approximate surface area is 168 Å². The van der Waals surface area contributed by atoms with Gasteiger partial charge in [0.25, 0.3) is 0 Å². The number of hydrogen-bond acceptors (Lipinski definition) is 2. The molecule has 1 atom stereocenters. The second-order valence-corrected chi connectivity index (χ2v) is 8.31. The predicted molar refractivity (Wildman–Crippen MR) is 112 cm³/mol. The molecule has 1 amide bonds. The normalized spacial score (nSPS) is 20.9. The van der Waals surface area contributed by atoms with Crippen molar-refractivity contribution in [1.82, 2.24) is 4.90 Å². The molecule has 1 aliphatic heterocycles. The minimum absolute atomic E-state index is 0.547. The molecule has 3 nitrogen and oxygen atoms in total. The summed E-state index contributed by atoms with van der Waals surface area (Å²) in [4.78, 5) is 14.8. The van der Waals surface area contributed by atoms with Gasteiger partial charge in [0.05, 0.1) is 15.7 Å². The minimum atomic E-state index is 0.547. The number of piperidine rings is 1. The van der Waals surface area contributed by atoms with Gasteiger partial charge < -0.3 is 9.80 Å². The number of nitrogens with zero attached hydrogens (tertiary/aromatic N) is 2. The van der Waals surface area contributed by atoms with E-state index in [1.807, 2.05) is 30.0 Å². The van der Waals surface area contributed by atoms with E-state index in [9.17, 15) is 4.79 Å². The van der Waals surface area contributed by atoms with E-state index in [1.165, 1.54) is 44.9 Å². The lowest BCUT2D eigenvalue weighted by atomic mass is 9.94. The lowest BCUT2D eigenvalue weighted by Gasteiger charge is -2.33. The van der Waals surface area contributed by atoms with Gasteiger partial charge in [-0.3, -0.25) is 4.79 Å². The third-order valence-corrected chi connectivity index (χ3v) is 6.07. The topological polar surface area (TPSA) is 23.6 Å². The molecule has 1 aromatic carbocycles. The maximum Gasteiger partial charge on any atom is 0.209 e. The fourth-order valence-electron chi connectivity index (χ4n) is 4.02. The maximum atomic E-state index is 10.6. The number of carbonyl (C=O) groups is 1. The van der Waals surface area contributed by atoms with Crippen molar-refractivity contribution in [1.29, 1.82) is 0 Å². The molecule has 146 valence electrons. The zero-order valence-corrected chi connectivity index (χ0v) is 17.6. The average Bonchev–Trinajstić information content (AvgIpc) is 2.64. The highest BCUT2D eigenvalue weighted by molar-refractivity contribution is 6.39. The Morgan fingerprint density at radius 3 is 2.31 bits per heavy atom. The lowest BCUT2D eigenvalue weighted by Crippen LogP contribution is -2.35. The fourth-order valence-corrected chi connectivity index (χ4v) is 4.65. The molecule has 5 heteroatoms. The molecule has 2 fully saturated rings. The number of carbonyl (C=O) groups excluding carboxylic acids is 1.